The van der Waals surface area contributed by atoms with Crippen LogP contribution in [-0.4, -0.2) is 28.9 Å². The third-order valence-corrected chi connectivity index (χ3v) is 3.91. The third-order valence-electron chi connectivity index (χ3n) is 3.91. The fraction of sp³-hybridized carbons (Fsp3) is 0.667. The van der Waals surface area contributed by atoms with Crippen molar-refractivity contribution in [2.45, 2.75) is 31.2 Å². The molecule has 1 aliphatic heterocycles. The Labute approximate surface area is 94.7 Å². The molecule has 3 fully saturated rings. The lowest BCUT2D eigenvalue weighted by Gasteiger charge is -2.26. The van der Waals surface area contributed by atoms with Gasteiger partial charge in [0, 0.05) is 6.54 Å². The maximum Gasteiger partial charge on any atom is 0.325 e. The number of urea groups is 1. The van der Waals surface area contributed by atoms with Gasteiger partial charge >= 0.3 is 6.03 Å². The zero-order chi connectivity index (χ0) is 11.3. The standard InChI is InChI=1S/C12H16N2O2/c1-2-7-14-10(15)12(8-3-4-8,9-5-6-9)13-11(14)16/h2,8-9H,1,3-7H2,(H,13,16). The molecule has 1 saturated heterocycles. The van der Waals surface area contributed by atoms with E-state index in [0.717, 1.165) is 25.7 Å². The molecule has 3 amide bonds. The van der Waals surface area contributed by atoms with E-state index in [1.54, 1.807) is 6.08 Å². The van der Waals surface area contributed by atoms with Crippen molar-refractivity contribution in [1.29, 1.82) is 0 Å². The highest BCUT2D eigenvalue weighted by Gasteiger charge is 2.65. The molecule has 0 aromatic rings. The number of nitrogens with zero attached hydrogens (tertiary/aromatic N) is 1. The molecule has 4 nitrogen and oxygen atoms in total. The van der Waals surface area contributed by atoms with E-state index in [9.17, 15) is 9.59 Å². The first-order chi connectivity index (χ1) is 7.70. The summed E-state index contributed by atoms with van der Waals surface area (Å²) in [6.45, 7) is 3.91. The molecule has 0 unspecified atom stereocenters. The van der Waals surface area contributed by atoms with Gasteiger partial charge < -0.3 is 5.32 Å². The summed E-state index contributed by atoms with van der Waals surface area (Å²) in [5.41, 5.74) is -0.542. The lowest BCUT2D eigenvalue weighted by atomic mass is 9.87. The number of hydrogen-bond donors (Lipinski definition) is 1. The van der Waals surface area contributed by atoms with Crippen LogP contribution in [0.2, 0.25) is 0 Å². The zero-order valence-electron chi connectivity index (χ0n) is 9.24. The Hall–Kier alpha value is -1.32. The Morgan fingerprint density at radius 2 is 1.88 bits per heavy atom. The monoisotopic (exact) mass is 220 g/mol. The van der Waals surface area contributed by atoms with Crippen molar-refractivity contribution in [1.82, 2.24) is 10.2 Å². The lowest BCUT2D eigenvalue weighted by molar-refractivity contribution is -0.132. The normalized spacial score (nSPS) is 28.1. The van der Waals surface area contributed by atoms with Crippen molar-refractivity contribution in [2.75, 3.05) is 6.54 Å². The summed E-state index contributed by atoms with van der Waals surface area (Å²) in [5.74, 6) is 0.750. The molecule has 86 valence electrons. The number of carbonyl (C=O) groups is 2. The van der Waals surface area contributed by atoms with Gasteiger partial charge in [0.2, 0.25) is 0 Å². The molecule has 0 radical (unpaired) electrons. The summed E-state index contributed by atoms with van der Waals surface area (Å²) < 4.78 is 0. The topological polar surface area (TPSA) is 49.4 Å². The molecule has 1 heterocycles. The Morgan fingerprint density at radius 3 is 2.31 bits per heavy atom. The second kappa shape index (κ2) is 3.09. The van der Waals surface area contributed by atoms with Crippen LogP contribution in [-0.2, 0) is 4.79 Å². The van der Waals surface area contributed by atoms with Crippen LogP contribution < -0.4 is 5.32 Å². The first-order valence-electron chi connectivity index (χ1n) is 5.95. The molecule has 2 saturated carbocycles. The highest BCUT2D eigenvalue weighted by molar-refractivity contribution is 6.08. The third kappa shape index (κ3) is 1.16. The van der Waals surface area contributed by atoms with E-state index in [1.807, 2.05) is 0 Å². The SMILES string of the molecule is C=CCN1C(=O)NC(C2CC2)(C2CC2)C1=O. The van der Waals surface area contributed by atoms with Gasteiger partial charge in [-0.15, -0.1) is 6.58 Å². The van der Waals surface area contributed by atoms with Crippen molar-refractivity contribution >= 4 is 11.9 Å². The molecule has 0 spiro atoms. The molecule has 16 heavy (non-hydrogen) atoms. The Bertz CT molecular complexity index is 357. The highest BCUT2D eigenvalue weighted by Crippen LogP contribution is 2.54. The molecule has 0 atom stereocenters. The summed E-state index contributed by atoms with van der Waals surface area (Å²) >= 11 is 0. The predicted molar refractivity (Wildman–Crippen MR) is 58.6 cm³/mol. The van der Waals surface area contributed by atoms with E-state index < -0.39 is 5.54 Å². The van der Waals surface area contributed by atoms with E-state index >= 15 is 0 Å². The predicted octanol–water partition coefficient (Wildman–Crippen LogP) is 1.28. The second-order valence-electron chi connectivity index (χ2n) is 5.05. The van der Waals surface area contributed by atoms with Crippen LogP contribution in [0.3, 0.4) is 0 Å². The van der Waals surface area contributed by atoms with Gasteiger partial charge in [-0.05, 0) is 37.5 Å². The number of carbonyl (C=O) groups excluding carboxylic acids is 2. The van der Waals surface area contributed by atoms with Gasteiger partial charge in [-0.2, -0.15) is 0 Å². The van der Waals surface area contributed by atoms with Crippen LogP contribution in [0.1, 0.15) is 25.7 Å². The van der Waals surface area contributed by atoms with Crippen LogP contribution in [0.5, 0.6) is 0 Å². The molecule has 0 aromatic heterocycles. The van der Waals surface area contributed by atoms with Gasteiger partial charge in [-0.25, -0.2) is 4.79 Å². The first kappa shape index (κ1) is 9.87. The van der Waals surface area contributed by atoms with Crippen molar-refractivity contribution in [2.24, 2.45) is 11.8 Å². The Balaban J connectivity index is 1.92. The van der Waals surface area contributed by atoms with E-state index in [-0.39, 0.29) is 11.9 Å². The highest BCUT2D eigenvalue weighted by atomic mass is 16.2. The molecule has 3 rings (SSSR count). The Morgan fingerprint density at radius 1 is 1.31 bits per heavy atom. The van der Waals surface area contributed by atoms with E-state index in [0.29, 0.717) is 18.4 Å². The summed E-state index contributed by atoms with van der Waals surface area (Å²) in [7, 11) is 0. The number of amides is 3. The van der Waals surface area contributed by atoms with E-state index in [2.05, 4.69) is 11.9 Å². The average molecular weight is 220 g/mol. The average Bonchev–Trinajstić information content (AvgIpc) is 3.14. The van der Waals surface area contributed by atoms with Crippen molar-refractivity contribution in [3.05, 3.63) is 12.7 Å². The Kier molecular flexibility index (Phi) is 1.91. The summed E-state index contributed by atoms with van der Waals surface area (Å²) in [5, 5.41) is 2.97. The van der Waals surface area contributed by atoms with Crippen LogP contribution in [0, 0.1) is 11.8 Å². The fourth-order valence-electron chi connectivity index (χ4n) is 2.87. The molecule has 0 bridgehead atoms. The first-order valence-corrected chi connectivity index (χ1v) is 5.95. The molecule has 1 N–H and O–H groups in total. The van der Waals surface area contributed by atoms with Crippen molar-refractivity contribution < 1.29 is 9.59 Å². The molecule has 3 aliphatic rings. The maximum absolute atomic E-state index is 12.4. The van der Waals surface area contributed by atoms with Gasteiger partial charge in [0.25, 0.3) is 5.91 Å². The number of rotatable bonds is 4. The van der Waals surface area contributed by atoms with Gasteiger partial charge in [0.05, 0.1) is 0 Å². The van der Waals surface area contributed by atoms with Crippen LogP contribution >= 0.6 is 0 Å². The number of hydrogen-bond acceptors (Lipinski definition) is 2. The van der Waals surface area contributed by atoms with Gasteiger partial charge in [-0.1, -0.05) is 6.08 Å². The molecule has 4 heteroatoms. The van der Waals surface area contributed by atoms with Crippen molar-refractivity contribution in [3.8, 4) is 0 Å². The van der Waals surface area contributed by atoms with E-state index in [1.165, 1.54) is 4.90 Å². The van der Waals surface area contributed by atoms with Gasteiger partial charge in [0.1, 0.15) is 5.54 Å². The molecular formula is C12H16N2O2. The quantitative estimate of drug-likeness (QED) is 0.573. The largest absolute Gasteiger partial charge is 0.325 e. The zero-order valence-corrected chi connectivity index (χ0v) is 9.24. The maximum atomic E-state index is 12.4. The fourth-order valence-corrected chi connectivity index (χ4v) is 2.87. The molecule has 2 aliphatic carbocycles. The summed E-state index contributed by atoms with van der Waals surface area (Å²) in [6.07, 6.45) is 5.90. The summed E-state index contributed by atoms with van der Waals surface area (Å²) in [4.78, 5) is 25.5. The van der Waals surface area contributed by atoms with Crippen LogP contribution in [0.4, 0.5) is 4.79 Å². The van der Waals surface area contributed by atoms with Crippen molar-refractivity contribution in [3.63, 3.8) is 0 Å². The van der Waals surface area contributed by atoms with Gasteiger partial charge in [-0.3, -0.25) is 9.69 Å². The lowest BCUT2D eigenvalue weighted by Crippen LogP contribution is -2.51. The second-order valence-corrected chi connectivity index (χ2v) is 5.05. The number of imide groups is 1. The van der Waals surface area contributed by atoms with E-state index in [4.69, 9.17) is 0 Å². The number of nitrogens with one attached hydrogen (secondary N) is 1. The molecular weight excluding hydrogens is 204 g/mol. The minimum atomic E-state index is -0.542. The minimum Gasteiger partial charge on any atom is -0.323 e. The van der Waals surface area contributed by atoms with Crippen LogP contribution in [0.15, 0.2) is 12.7 Å². The summed E-state index contributed by atoms with van der Waals surface area (Å²) in [6, 6.07) is -0.233. The smallest absolute Gasteiger partial charge is 0.323 e. The van der Waals surface area contributed by atoms with Gasteiger partial charge in [0.15, 0.2) is 0 Å². The molecule has 0 aromatic carbocycles. The van der Waals surface area contributed by atoms with Crippen LogP contribution in [0.25, 0.3) is 0 Å². The minimum absolute atomic E-state index is 0.0117.